The van der Waals surface area contributed by atoms with Crippen LogP contribution in [0.1, 0.15) is 13.8 Å². The average molecular weight is 246 g/mol. The zero-order chi connectivity index (χ0) is 11.6. The predicted molar refractivity (Wildman–Crippen MR) is 50.8 cm³/mol. The Bertz CT molecular complexity index is 329. The van der Waals surface area contributed by atoms with E-state index in [0.29, 0.717) is 0 Å². The van der Waals surface area contributed by atoms with Crippen LogP contribution in [0.15, 0.2) is 0 Å². The molecular formula is C6H14O6S2. The van der Waals surface area contributed by atoms with Gasteiger partial charge < -0.3 is 0 Å². The van der Waals surface area contributed by atoms with E-state index in [9.17, 15) is 16.8 Å². The Balaban J connectivity index is 4.35. The van der Waals surface area contributed by atoms with Crippen LogP contribution in [-0.2, 0) is 28.6 Å². The molecule has 0 aliphatic rings. The molecule has 0 aliphatic heterocycles. The number of hydrogen-bond acceptors (Lipinski definition) is 6. The predicted octanol–water partition coefficient (Wildman–Crippen LogP) is -0.284. The van der Waals surface area contributed by atoms with Crippen LogP contribution >= 0.6 is 0 Å². The first kappa shape index (κ1) is 13.8. The topological polar surface area (TPSA) is 86.7 Å². The molecule has 14 heavy (non-hydrogen) atoms. The Kier molecular flexibility index (Phi) is 4.50. The maximum Gasteiger partial charge on any atom is 0.264 e. The van der Waals surface area contributed by atoms with Crippen molar-refractivity contribution < 1.29 is 25.2 Å². The third-order valence-corrected chi connectivity index (χ3v) is 2.62. The second-order valence-electron chi connectivity index (χ2n) is 3.01. The lowest BCUT2D eigenvalue weighted by atomic mass is 10.3. The Morgan fingerprint density at radius 2 is 1.00 bits per heavy atom. The molecule has 8 heteroatoms. The van der Waals surface area contributed by atoms with Crippen LogP contribution in [0.4, 0.5) is 0 Å². The Hall–Kier alpha value is -0.180. The summed E-state index contributed by atoms with van der Waals surface area (Å²) in [6.45, 7) is 2.83. The highest BCUT2D eigenvalue weighted by Gasteiger charge is 2.21. The van der Waals surface area contributed by atoms with Gasteiger partial charge in [-0.05, 0) is 13.8 Å². The molecule has 2 atom stereocenters. The van der Waals surface area contributed by atoms with Crippen LogP contribution < -0.4 is 0 Å². The van der Waals surface area contributed by atoms with E-state index in [1.54, 1.807) is 0 Å². The molecule has 6 nitrogen and oxygen atoms in total. The highest BCUT2D eigenvalue weighted by atomic mass is 32.2. The number of rotatable bonds is 5. The lowest BCUT2D eigenvalue weighted by Gasteiger charge is -2.17. The van der Waals surface area contributed by atoms with E-state index in [1.807, 2.05) is 0 Å². The van der Waals surface area contributed by atoms with Gasteiger partial charge in [-0.25, -0.2) is 0 Å². The first-order chi connectivity index (χ1) is 6.01. The van der Waals surface area contributed by atoms with E-state index in [0.717, 1.165) is 12.5 Å². The molecule has 86 valence electrons. The van der Waals surface area contributed by atoms with Gasteiger partial charge in [0.15, 0.2) is 0 Å². The smallest absolute Gasteiger partial charge is 0.264 e. The van der Waals surface area contributed by atoms with Gasteiger partial charge >= 0.3 is 0 Å². The fourth-order valence-electron chi connectivity index (χ4n) is 0.708. The van der Waals surface area contributed by atoms with Crippen molar-refractivity contribution in [2.24, 2.45) is 0 Å². The zero-order valence-corrected chi connectivity index (χ0v) is 10.1. The molecule has 0 aliphatic carbocycles. The summed E-state index contributed by atoms with van der Waals surface area (Å²) in [4.78, 5) is 0. The molecule has 0 saturated carbocycles. The fraction of sp³-hybridized carbons (Fsp3) is 1.00. The van der Waals surface area contributed by atoms with Gasteiger partial charge in [0, 0.05) is 0 Å². The highest BCUT2D eigenvalue weighted by Crippen LogP contribution is 2.08. The third kappa shape index (κ3) is 7.25. The molecule has 0 aromatic heterocycles. The minimum atomic E-state index is -3.60. The summed E-state index contributed by atoms with van der Waals surface area (Å²) in [5.41, 5.74) is 0. The molecule has 0 heterocycles. The van der Waals surface area contributed by atoms with Gasteiger partial charge in [0.25, 0.3) is 20.2 Å². The minimum Gasteiger partial charge on any atom is -0.264 e. The van der Waals surface area contributed by atoms with Gasteiger partial charge in [0.2, 0.25) is 0 Å². The van der Waals surface area contributed by atoms with Crippen LogP contribution in [0.25, 0.3) is 0 Å². The average Bonchev–Trinajstić information content (AvgIpc) is 1.78. The van der Waals surface area contributed by atoms with Crippen molar-refractivity contribution in [2.45, 2.75) is 26.1 Å². The largest absolute Gasteiger partial charge is 0.264 e. The van der Waals surface area contributed by atoms with E-state index in [4.69, 9.17) is 0 Å². The molecule has 0 bridgehead atoms. The lowest BCUT2D eigenvalue weighted by molar-refractivity contribution is 0.0887. The molecule has 0 fully saturated rings. The summed E-state index contributed by atoms with van der Waals surface area (Å²) in [5, 5.41) is 0. The van der Waals surface area contributed by atoms with Gasteiger partial charge in [0.1, 0.15) is 12.2 Å². The first-order valence-electron chi connectivity index (χ1n) is 3.78. The molecule has 0 amide bonds. The molecule has 0 spiro atoms. The second kappa shape index (κ2) is 4.56. The van der Waals surface area contributed by atoms with Gasteiger partial charge in [-0.1, -0.05) is 0 Å². The van der Waals surface area contributed by atoms with Crippen molar-refractivity contribution in [3.8, 4) is 0 Å². The van der Waals surface area contributed by atoms with E-state index >= 15 is 0 Å². The first-order valence-corrected chi connectivity index (χ1v) is 7.41. The van der Waals surface area contributed by atoms with Crippen LogP contribution in [0.2, 0.25) is 0 Å². The minimum absolute atomic E-state index is 0.847. The molecule has 0 radical (unpaired) electrons. The molecule has 0 aromatic carbocycles. The molecule has 0 aromatic rings. The normalized spacial score (nSPS) is 17.7. The van der Waals surface area contributed by atoms with Crippen molar-refractivity contribution in [3.05, 3.63) is 0 Å². The highest BCUT2D eigenvalue weighted by molar-refractivity contribution is 7.86. The summed E-state index contributed by atoms with van der Waals surface area (Å²) in [6.07, 6.45) is 0.0762. The maximum absolute atomic E-state index is 10.7. The fourth-order valence-corrected chi connectivity index (χ4v) is 2.12. The van der Waals surface area contributed by atoms with Crippen molar-refractivity contribution >= 4 is 20.2 Å². The van der Waals surface area contributed by atoms with E-state index in [2.05, 4.69) is 8.37 Å². The quantitative estimate of drug-likeness (QED) is 0.620. The SMILES string of the molecule is CC(OS(C)(=O)=O)C(C)OS(C)(=O)=O. The second-order valence-corrected chi connectivity index (χ2v) is 6.21. The van der Waals surface area contributed by atoms with Crippen LogP contribution in [0.5, 0.6) is 0 Å². The summed E-state index contributed by atoms with van der Waals surface area (Å²) < 4.78 is 51.8. The monoisotopic (exact) mass is 246 g/mol. The molecule has 2 unspecified atom stereocenters. The van der Waals surface area contributed by atoms with Crippen molar-refractivity contribution in [3.63, 3.8) is 0 Å². The van der Waals surface area contributed by atoms with E-state index in [-0.39, 0.29) is 0 Å². The zero-order valence-electron chi connectivity index (χ0n) is 8.42. The van der Waals surface area contributed by atoms with E-state index < -0.39 is 32.4 Å². The standard InChI is InChI=1S/C6H14O6S2/c1-5(11-13(3,7)8)6(2)12-14(4,9)10/h5-6H,1-4H3. The molecule has 0 N–H and O–H groups in total. The van der Waals surface area contributed by atoms with Gasteiger partial charge in [0.05, 0.1) is 12.5 Å². The third-order valence-electron chi connectivity index (χ3n) is 1.31. The van der Waals surface area contributed by atoms with E-state index in [1.165, 1.54) is 13.8 Å². The van der Waals surface area contributed by atoms with Crippen LogP contribution in [0, 0.1) is 0 Å². The Morgan fingerprint density at radius 1 is 0.786 bits per heavy atom. The van der Waals surface area contributed by atoms with Crippen molar-refractivity contribution in [1.29, 1.82) is 0 Å². The van der Waals surface area contributed by atoms with Gasteiger partial charge in [-0.3, -0.25) is 8.37 Å². The lowest BCUT2D eigenvalue weighted by Crippen LogP contribution is -2.30. The Labute approximate surface area is 84.5 Å². The summed E-state index contributed by atoms with van der Waals surface area (Å²) in [5.74, 6) is 0. The molecule has 0 rings (SSSR count). The van der Waals surface area contributed by atoms with Gasteiger partial charge in [-0.2, -0.15) is 16.8 Å². The Morgan fingerprint density at radius 3 is 1.14 bits per heavy atom. The molecule has 0 saturated heterocycles. The summed E-state index contributed by atoms with van der Waals surface area (Å²) >= 11 is 0. The van der Waals surface area contributed by atoms with Crippen molar-refractivity contribution in [2.75, 3.05) is 12.5 Å². The summed E-state index contributed by atoms with van der Waals surface area (Å²) in [7, 11) is -7.20. The maximum atomic E-state index is 10.7. The van der Waals surface area contributed by atoms with Gasteiger partial charge in [-0.15, -0.1) is 0 Å². The van der Waals surface area contributed by atoms with Crippen LogP contribution in [-0.4, -0.2) is 41.6 Å². The molecular weight excluding hydrogens is 232 g/mol. The summed E-state index contributed by atoms with van der Waals surface area (Å²) in [6, 6.07) is 0. The number of hydrogen-bond donors (Lipinski definition) is 0. The van der Waals surface area contributed by atoms with Crippen LogP contribution in [0.3, 0.4) is 0 Å². The van der Waals surface area contributed by atoms with Crippen molar-refractivity contribution in [1.82, 2.24) is 0 Å².